The maximum atomic E-state index is 5.66. The van der Waals surface area contributed by atoms with Gasteiger partial charge in [0, 0.05) is 16.1 Å². The third-order valence-electron chi connectivity index (χ3n) is 2.97. The topological polar surface area (TPSA) is 50.9 Å². The molecule has 0 aliphatic heterocycles. The number of aromatic nitrogens is 1. The molecular formula is C14H17N3S2. The van der Waals surface area contributed by atoms with Crippen molar-refractivity contribution in [1.29, 1.82) is 0 Å². The summed E-state index contributed by atoms with van der Waals surface area (Å²) in [5, 5.41) is 4.26. The lowest BCUT2D eigenvalue weighted by Crippen LogP contribution is -2.11. The summed E-state index contributed by atoms with van der Waals surface area (Å²) in [5.74, 6) is 0. The van der Waals surface area contributed by atoms with Crippen molar-refractivity contribution in [3.8, 4) is 0 Å². The molecule has 19 heavy (non-hydrogen) atoms. The molecule has 0 fully saturated rings. The second-order valence-electron chi connectivity index (χ2n) is 4.39. The van der Waals surface area contributed by atoms with Gasteiger partial charge in [0.2, 0.25) is 0 Å². The Morgan fingerprint density at radius 2 is 2.16 bits per heavy atom. The van der Waals surface area contributed by atoms with Gasteiger partial charge in [-0.05, 0) is 44.0 Å². The third-order valence-corrected chi connectivity index (χ3v) is 4.12. The summed E-state index contributed by atoms with van der Waals surface area (Å²) in [7, 11) is 0. The highest BCUT2D eigenvalue weighted by Gasteiger charge is 2.07. The van der Waals surface area contributed by atoms with E-state index in [9.17, 15) is 0 Å². The monoisotopic (exact) mass is 291 g/mol. The number of anilines is 2. The van der Waals surface area contributed by atoms with E-state index in [4.69, 9.17) is 18.0 Å². The van der Waals surface area contributed by atoms with Gasteiger partial charge in [0.1, 0.15) is 4.99 Å². The first-order valence-electron chi connectivity index (χ1n) is 6.15. The first-order chi connectivity index (χ1) is 9.01. The minimum absolute atomic E-state index is 0.433. The average molecular weight is 291 g/mol. The van der Waals surface area contributed by atoms with Gasteiger partial charge in [-0.2, -0.15) is 0 Å². The number of nitrogens with zero attached hydrogens (tertiary/aromatic N) is 1. The van der Waals surface area contributed by atoms with E-state index < -0.39 is 0 Å². The Bertz CT molecular complexity index is 617. The van der Waals surface area contributed by atoms with Gasteiger partial charge >= 0.3 is 0 Å². The highest BCUT2D eigenvalue weighted by atomic mass is 32.1. The van der Waals surface area contributed by atoms with Gasteiger partial charge in [-0.3, -0.25) is 0 Å². The third kappa shape index (κ3) is 3.11. The predicted octanol–water partition coefficient (Wildman–Crippen LogP) is 3.70. The quantitative estimate of drug-likeness (QED) is 0.843. The minimum atomic E-state index is 0.433. The van der Waals surface area contributed by atoms with E-state index in [1.807, 2.05) is 25.1 Å². The standard InChI is InChI=1S/C14H17N3S2/c1-4-12-9(3)19-14(17-12)16-10-5-6-11(13(15)18)8(2)7-10/h5-7H,4H2,1-3H3,(H2,15,18)(H,16,17). The number of aryl methyl sites for hydroxylation is 3. The molecule has 0 saturated carbocycles. The fourth-order valence-electron chi connectivity index (χ4n) is 1.95. The molecule has 1 aromatic carbocycles. The molecule has 0 unspecified atom stereocenters. The second kappa shape index (κ2) is 5.67. The second-order valence-corrected chi connectivity index (χ2v) is 6.04. The summed E-state index contributed by atoms with van der Waals surface area (Å²) < 4.78 is 0. The van der Waals surface area contributed by atoms with Gasteiger partial charge in [-0.15, -0.1) is 11.3 Å². The van der Waals surface area contributed by atoms with Crippen LogP contribution in [0.1, 0.15) is 28.6 Å². The molecule has 3 nitrogen and oxygen atoms in total. The number of nitrogens with one attached hydrogen (secondary N) is 1. The summed E-state index contributed by atoms with van der Waals surface area (Å²) in [4.78, 5) is 6.27. The van der Waals surface area contributed by atoms with Gasteiger partial charge < -0.3 is 11.1 Å². The molecule has 100 valence electrons. The zero-order valence-corrected chi connectivity index (χ0v) is 12.9. The molecule has 1 aromatic heterocycles. The van der Waals surface area contributed by atoms with Crippen LogP contribution < -0.4 is 11.1 Å². The SMILES string of the molecule is CCc1nc(Nc2ccc(C(N)=S)c(C)c2)sc1C. The van der Waals surface area contributed by atoms with Crippen LogP contribution in [-0.4, -0.2) is 9.97 Å². The molecule has 3 N–H and O–H groups in total. The van der Waals surface area contributed by atoms with Crippen LogP contribution in [0.4, 0.5) is 10.8 Å². The number of hydrogen-bond acceptors (Lipinski definition) is 4. The molecule has 1 heterocycles. The summed E-state index contributed by atoms with van der Waals surface area (Å²) in [6.45, 7) is 6.22. The first kappa shape index (κ1) is 14.0. The molecule has 0 saturated heterocycles. The van der Waals surface area contributed by atoms with Gasteiger partial charge in [0.15, 0.2) is 5.13 Å². The largest absolute Gasteiger partial charge is 0.389 e. The molecule has 0 atom stereocenters. The van der Waals surface area contributed by atoms with Crippen LogP contribution in [-0.2, 0) is 6.42 Å². The minimum Gasteiger partial charge on any atom is -0.389 e. The number of benzene rings is 1. The lowest BCUT2D eigenvalue weighted by molar-refractivity contribution is 1.05. The van der Waals surface area contributed by atoms with Crippen molar-refractivity contribution >= 4 is 39.4 Å². The van der Waals surface area contributed by atoms with Crippen LogP contribution in [0.2, 0.25) is 0 Å². The van der Waals surface area contributed by atoms with Gasteiger partial charge in [-0.25, -0.2) is 4.98 Å². The first-order valence-corrected chi connectivity index (χ1v) is 7.37. The van der Waals surface area contributed by atoms with Crippen LogP contribution in [0.15, 0.2) is 18.2 Å². The van der Waals surface area contributed by atoms with Crippen molar-refractivity contribution in [2.75, 3.05) is 5.32 Å². The van der Waals surface area contributed by atoms with Crippen LogP contribution >= 0.6 is 23.6 Å². The normalized spacial score (nSPS) is 10.5. The van der Waals surface area contributed by atoms with Crippen molar-refractivity contribution in [1.82, 2.24) is 4.98 Å². The summed E-state index contributed by atoms with van der Waals surface area (Å²) in [6, 6.07) is 5.96. The number of nitrogens with two attached hydrogens (primary N) is 1. The Hall–Kier alpha value is -1.46. The van der Waals surface area contributed by atoms with E-state index in [0.717, 1.165) is 34.1 Å². The summed E-state index contributed by atoms with van der Waals surface area (Å²) in [5.41, 5.74) is 9.82. The maximum Gasteiger partial charge on any atom is 0.187 e. The van der Waals surface area contributed by atoms with Crippen LogP contribution in [0.25, 0.3) is 0 Å². The Morgan fingerprint density at radius 1 is 1.42 bits per heavy atom. The molecule has 0 aliphatic carbocycles. The Labute approximate surface area is 122 Å². The van der Waals surface area contributed by atoms with Crippen molar-refractivity contribution in [3.05, 3.63) is 39.9 Å². The lowest BCUT2D eigenvalue weighted by atomic mass is 10.1. The van der Waals surface area contributed by atoms with Crippen molar-refractivity contribution in [2.45, 2.75) is 27.2 Å². The van der Waals surface area contributed by atoms with Crippen molar-refractivity contribution in [2.24, 2.45) is 5.73 Å². The zero-order valence-electron chi connectivity index (χ0n) is 11.3. The molecule has 5 heteroatoms. The molecule has 2 rings (SSSR count). The molecule has 0 radical (unpaired) electrons. The maximum absolute atomic E-state index is 5.66. The van der Waals surface area contributed by atoms with Crippen LogP contribution in [0, 0.1) is 13.8 Å². The van der Waals surface area contributed by atoms with Crippen LogP contribution in [0.3, 0.4) is 0 Å². The highest BCUT2D eigenvalue weighted by molar-refractivity contribution is 7.80. The van der Waals surface area contributed by atoms with Gasteiger partial charge in [0.05, 0.1) is 5.69 Å². The lowest BCUT2D eigenvalue weighted by Gasteiger charge is -2.07. The van der Waals surface area contributed by atoms with Crippen LogP contribution in [0.5, 0.6) is 0 Å². The molecule has 0 amide bonds. The molecule has 0 aliphatic rings. The molecule has 2 aromatic rings. The Morgan fingerprint density at radius 3 is 2.68 bits per heavy atom. The molecule has 0 spiro atoms. The van der Waals surface area contributed by atoms with Gasteiger partial charge in [0.25, 0.3) is 0 Å². The summed E-state index contributed by atoms with van der Waals surface area (Å²) >= 11 is 6.68. The zero-order chi connectivity index (χ0) is 14.0. The van der Waals surface area contributed by atoms with E-state index in [0.29, 0.717) is 4.99 Å². The van der Waals surface area contributed by atoms with E-state index in [-0.39, 0.29) is 0 Å². The van der Waals surface area contributed by atoms with E-state index in [1.165, 1.54) is 4.88 Å². The highest BCUT2D eigenvalue weighted by Crippen LogP contribution is 2.26. The number of hydrogen-bond donors (Lipinski definition) is 2. The predicted molar refractivity (Wildman–Crippen MR) is 86.6 cm³/mol. The number of rotatable bonds is 4. The fourth-order valence-corrected chi connectivity index (χ4v) is 3.10. The smallest absolute Gasteiger partial charge is 0.187 e. The van der Waals surface area contributed by atoms with E-state index >= 15 is 0 Å². The van der Waals surface area contributed by atoms with Crippen molar-refractivity contribution in [3.63, 3.8) is 0 Å². The van der Waals surface area contributed by atoms with Gasteiger partial charge in [-0.1, -0.05) is 19.1 Å². The average Bonchev–Trinajstić information content (AvgIpc) is 2.69. The van der Waals surface area contributed by atoms with E-state index in [1.54, 1.807) is 11.3 Å². The number of thiazole rings is 1. The molecular weight excluding hydrogens is 274 g/mol. The Balaban J connectivity index is 2.23. The van der Waals surface area contributed by atoms with Crippen molar-refractivity contribution < 1.29 is 0 Å². The fraction of sp³-hybridized carbons (Fsp3) is 0.286. The molecule has 0 bridgehead atoms. The summed E-state index contributed by atoms with van der Waals surface area (Å²) in [6.07, 6.45) is 0.962. The Kier molecular flexibility index (Phi) is 4.17. The van der Waals surface area contributed by atoms with E-state index in [2.05, 4.69) is 24.1 Å². The number of thiocarbonyl (C=S) groups is 1.